The third kappa shape index (κ3) is 6.09. The third-order valence-corrected chi connectivity index (χ3v) is 5.43. The van der Waals surface area contributed by atoms with Gasteiger partial charge in [0.15, 0.2) is 0 Å². The molecule has 26 heavy (non-hydrogen) atoms. The molecule has 1 N–H and O–H groups in total. The molecule has 1 amide bonds. The number of benzene rings is 2. The lowest BCUT2D eigenvalue weighted by Gasteiger charge is -2.19. The van der Waals surface area contributed by atoms with Crippen LogP contribution in [0.3, 0.4) is 0 Å². The van der Waals surface area contributed by atoms with E-state index in [0.29, 0.717) is 10.6 Å². The van der Waals surface area contributed by atoms with E-state index in [-0.39, 0.29) is 26.1 Å². The first kappa shape index (κ1) is 20.4. The standard InChI is InChI=1S/C18H20ClFN2O3S/c1-26(24,25)22(11-10-14-6-3-5-9-17(14)20)13-18(23)21-12-15-7-2-4-8-16(15)19/h2-9H,10-13H2,1H3,(H,21,23). The Morgan fingerprint density at radius 3 is 2.35 bits per heavy atom. The second-order valence-corrected chi connectivity index (χ2v) is 8.20. The van der Waals surface area contributed by atoms with Gasteiger partial charge in [0.05, 0.1) is 12.8 Å². The lowest BCUT2D eigenvalue weighted by molar-refractivity contribution is -0.121. The molecule has 0 aliphatic rings. The summed E-state index contributed by atoms with van der Waals surface area (Å²) in [6, 6.07) is 13.2. The summed E-state index contributed by atoms with van der Waals surface area (Å²) in [4.78, 5) is 12.1. The van der Waals surface area contributed by atoms with Crippen molar-refractivity contribution >= 4 is 27.5 Å². The molecule has 8 heteroatoms. The second kappa shape index (κ2) is 9.12. The molecule has 0 unspecified atom stereocenters. The fourth-order valence-corrected chi connectivity index (χ4v) is 3.34. The zero-order chi connectivity index (χ0) is 19.2. The lowest BCUT2D eigenvalue weighted by Crippen LogP contribution is -2.41. The SMILES string of the molecule is CS(=O)(=O)N(CCc1ccccc1F)CC(=O)NCc1ccccc1Cl. The van der Waals surface area contributed by atoms with E-state index in [0.717, 1.165) is 16.1 Å². The van der Waals surface area contributed by atoms with E-state index in [1.807, 2.05) is 0 Å². The van der Waals surface area contributed by atoms with Crippen LogP contribution in [0.15, 0.2) is 48.5 Å². The summed E-state index contributed by atoms with van der Waals surface area (Å²) in [6.45, 7) is -0.125. The van der Waals surface area contributed by atoms with E-state index in [2.05, 4.69) is 5.32 Å². The minimum absolute atomic E-state index is 0.0132. The first-order valence-corrected chi connectivity index (χ1v) is 10.2. The van der Waals surface area contributed by atoms with Crippen LogP contribution in [-0.2, 0) is 27.8 Å². The summed E-state index contributed by atoms with van der Waals surface area (Å²) in [6.07, 6.45) is 1.20. The smallest absolute Gasteiger partial charge is 0.235 e. The van der Waals surface area contributed by atoms with Crippen LogP contribution in [0.25, 0.3) is 0 Å². The molecule has 0 spiro atoms. The van der Waals surface area contributed by atoms with Crippen molar-refractivity contribution in [3.8, 4) is 0 Å². The van der Waals surface area contributed by atoms with E-state index in [1.54, 1.807) is 42.5 Å². The molecule has 0 aliphatic carbocycles. The number of carbonyl (C=O) groups is 1. The highest BCUT2D eigenvalue weighted by Crippen LogP contribution is 2.14. The van der Waals surface area contributed by atoms with Gasteiger partial charge in [-0.3, -0.25) is 4.79 Å². The maximum Gasteiger partial charge on any atom is 0.235 e. The predicted molar refractivity (Wildman–Crippen MR) is 99.8 cm³/mol. The number of hydrogen-bond acceptors (Lipinski definition) is 3. The normalized spacial score (nSPS) is 11.5. The number of nitrogens with one attached hydrogen (secondary N) is 1. The number of rotatable bonds is 8. The van der Waals surface area contributed by atoms with E-state index >= 15 is 0 Å². The quantitative estimate of drug-likeness (QED) is 0.743. The van der Waals surface area contributed by atoms with E-state index in [4.69, 9.17) is 11.6 Å². The Balaban J connectivity index is 1.96. The van der Waals surface area contributed by atoms with Gasteiger partial charge < -0.3 is 5.32 Å². The van der Waals surface area contributed by atoms with Gasteiger partial charge in [0.25, 0.3) is 0 Å². The Labute approximate surface area is 157 Å². The van der Waals surface area contributed by atoms with Gasteiger partial charge in [-0.25, -0.2) is 12.8 Å². The molecular weight excluding hydrogens is 379 g/mol. The molecule has 2 aromatic rings. The number of amides is 1. The van der Waals surface area contributed by atoms with Crippen LogP contribution in [0.2, 0.25) is 5.02 Å². The van der Waals surface area contributed by atoms with Crippen LogP contribution in [0.5, 0.6) is 0 Å². The molecule has 2 aromatic carbocycles. The van der Waals surface area contributed by atoms with Crippen LogP contribution in [0, 0.1) is 5.82 Å². The molecule has 140 valence electrons. The summed E-state index contributed by atoms with van der Waals surface area (Å²) in [5, 5.41) is 3.17. The van der Waals surface area contributed by atoms with Crippen molar-refractivity contribution in [2.24, 2.45) is 0 Å². The summed E-state index contributed by atoms with van der Waals surface area (Å²) < 4.78 is 38.6. The summed E-state index contributed by atoms with van der Waals surface area (Å²) >= 11 is 6.03. The predicted octanol–water partition coefficient (Wildman–Crippen LogP) is 2.60. The highest BCUT2D eigenvalue weighted by atomic mass is 35.5. The molecule has 0 heterocycles. The zero-order valence-electron chi connectivity index (χ0n) is 14.3. The van der Waals surface area contributed by atoms with Crippen LogP contribution in [-0.4, -0.2) is 38.0 Å². The topological polar surface area (TPSA) is 66.5 Å². The monoisotopic (exact) mass is 398 g/mol. The first-order valence-electron chi connectivity index (χ1n) is 7.96. The largest absolute Gasteiger partial charge is 0.351 e. The van der Waals surface area contributed by atoms with Crippen LogP contribution in [0.1, 0.15) is 11.1 Å². The number of carbonyl (C=O) groups excluding carboxylic acids is 1. The third-order valence-electron chi connectivity index (χ3n) is 3.81. The summed E-state index contributed by atoms with van der Waals surface area (Å²) in [5.41, 5.74) is 1.14. The van der Waals surface area contributed by atoms with Gasteiger partial charge in [0.2, 0.25) is 15.9 Å². The van der Waals surface area contributed by atoms with Gasteiger partial charge in [-0.15, -0.1) is 0 Å². The highest BCUT2D eigenvalue weighted by Gasteiger charge is 2.20. The second-order valence-electron chi connectivity index (χ2n) is 5.81. The molecule has 0 aliphatic heterocycles. The van der Waals surface area contributed by atoms with Crippen LogP contribution < -0.4 is 5.32 Å². The molecule has 0 bridgehead atoms. The molecule has 0 saturated carbocycles. The lowest BCUT2D eigenvalue weighted by atomic mass is 10.1. The van der Waals surface area contributed by atoms with Crippen molar-refractivity contribution in [1.82, 2.24) is 9.62 Å². The van der Waals surface area contributed by atoms with Gasteiger partial charge in [0, 0.05) is 18.1 Å². The maximum absolute atomic E-state index is 13.7. The average molecular weight is 399 g/mol. The van der Waals surface area contributed by atoms with Crippen LogP contribution >= 0.6 is 11.6 Å². The molecule has 0 aromatic heterocycles. The molecule has 5 nitrogen and oxygen atoms in total. The molecule has 2 rings (SSSR count). The van der Waals surface area contributed by atoms with E-state index in [9.17, 15) is 17.6 Å². The first-order chi connectivity index (χ1) is 12.3. The van der Waals surface area contributed by atoms with Crippen molar-refractivity contribution in [1.29, 1.82) is 0 Å². The maximum atomic E-state index is 13.7. The average Bonchev–Trinajstić information content (AvgIpc) is 2.58. The Hall–Kier alpha value is -1.96. The number of nitrogens with zero attached hydrogens (tertiary/aromatic N) is 1. The van der Waals surface area contributed by atoms with Crippen molar-refractivity contribution < 1.29 is 17.6 Å². The zero-order valence-corrected chi connectivity index (χ0v) is 15.9. The number of hydrogen-bond donors (Lipinski definition) is 1. The Kier molecular flexibility index (Phi) is 7.14. The van der Waals surface area contributed by atoms with Crippen molar-refractivity contribution in [3.63, 3.8) is 0 Å². The van der Waals surface area contributed by atoms with Gasteiger partial charge >= 0.3 is 0 Å². The van der Waals surface area contributed by atoms with Crippen LogP contribution in [0.4, 0.5) is 4.39 Å². The van der Waals surface area contributed by atoms with Gasteiger partial charge in [-0.1, -0.05) is 48.0 Å². The minimum Gasteiger partial charge on any atom is -0.351 e. The highest BCUT2D eigenvalue weighted by molar-refractivity contribution is 7.88. The fourth-order valence-electron chi connectivity index (χ4n) is 2.36. The molecule has 0 radical (unpaired) electrons. The fraction of sp³-hybridized carbons (Fsp3) is 0.278. The summed E-state index contributed by atoms with van der Waals surface area (Å²) in [7, 11) is -3.61. The van der Waals surface area contributed by atoms with E-state index in [1.165, 1.54) is 6.07 Å². The Bertz CT molecular complexity index is 874. The molecule has 0 atom stereocenters. The van der Waals surface area contributed by atoms with Crippen molar-refractivity contribution in [2.75, 3.05) is 19.3 Å². The number of halogens is 2. The molecule has 0 saturated heterocycles. The molecule has 0 fully saturated rings. The van der Waals surface area contributed by atoms with Gasteiger partial charge in [-0.2, -0.15) is 4.31 Å². The molecular formula is C18H20ClFN2O3S. The van der Waals surface area contributed by atoms with Crippen molar-refractivity contribution in [3.05, 3.63) is 70.5 Å². The van der Waals surface area contributed by atoms with E-state index < -0.39 is 21.7 Å². The number of sulfonamides is 1. The van der Waals surface area contributed by atoms with Crippen molar-refractivity contribution in [2.45, 2.75) is 13.0 Å². The summed E-state index contributed by atoms with van der Waals surface area (Å²) in [5.74, 6) is -0.854. The Morgan fingerprint density at radius 2 is 1.73 bits per heavy atom. The Morgan fingerprint density at radius 1 is 1.12 bits per heavy atom. The van der Waals surface area contributed by atoms with Gasteiger partial charge in [0.1, 0.15) is 5.82 Å². The minimum atomic E-state index is -3.61. The van der Waals surface area contributed by atoms with Gasteiger partial charge in [-0.05, 0) is 29.7 Å².